The summed E-state index contributed by atoms with van der Waals surface area (Å²) in [5, 5.41) is 0.569. The Bertz CT molecular complexity index is 1080. The van der Waals surface area contributed by atoms with Crippen molar-refractivity contribution in [3.63, 3.8) is 0 Å². The van der Waals surface area contributed by atoms with Crippen molar-refractivity contribution in [2.24, 2.45) is 0 Å². The lowest BCUT2D eigenvalue weighted by Gasteiger charge is -2.22. The monoisotopic (exact) mass is 417 g/mol. The second-order valence-corrected chi connectivity index (χ2v) is 9.74. The van der Waals surface area contributed by atoms with E-state index in [1.165, 1.54) is 23.9 Å². The predicted octanol–water partition coefficient (Wildman–Crippen LogP) is 3.28. The molecular weight excluding hydrogens is 394 g/mol. The minimum atomic E-state index is -3.45. The van der Waals surface area contributed by atoms with Gasteiger partial charge in [0, 0.05) is 7.05 Å². The van der Waals surface area contributed by atoms with Crippen molar-refractivity contribution in [1.82, 2.24) is 9.29 Å². The summed E-state index contributed by atoms with van der Waals surface area (Å²) >= 11 is 1.44. The van der Waals surface area contributed by atoms with E-state index in [2.05, 4.69) is 18.0 Å². The summed E-state index contributed by atoms with van der Waals surface area (Å²) in [7, 11) is -2.05. The van der Waals surface area contributed by atoms with Crippen molar-refractivity contribution in [2.75, 3.05) is 24.7 Å². The van der Waals surface area contributed by atoms with E-state index in [4.69, 9.17) is 0 Å². The van der Waals surface area contributed by atoms with Crippen LogP contribution in [-0.4, -0.2) is 43.5 Å². The van der Waals surface area contributed by atoms with Gasteiger partial charge in [0.15, 0.2) is 5.13 Å². The van der Waals surface area contributed by atoms with Crippen molar-refractivity contribution in [2.45, 2.75) is 19.9 Å². The van der Waals surface area contributed by atoms with Crippen LogP contribution >= 0.6 is 11.3 Å². The number of carbonyl (C=O) groups excluding carboxylic acids is 1. The van der Waals surface area contributed by atoms with Crippen molar-refractivity contribution < 1.29 is 13.2 Å². The van der Waals surface area contributed by atoms with Crippen LogP contribution in [0.2, 0.25) is 0 Å². The molecule has 3 rings (SSSR count). The van der Waals surface area contributed by atoms with Crippen LogP contribution in [-0.2, 0) is 27.8 Å². The molecule has 0 aliphatic heterocycles. The Morgan fingerprint density at radius 2 is 1.82 bits per heavy atom. The molecule has 0 aliphatic carbocycles. The largest absolute Gasteiger partial charge is 0.282 e. The summed E-state index contributed by atoms with van der Waals surface area (Å²) in [6, 6.07) is 15.7. The van der Waals surface area contributed by atoms with Crippen molar-refractivity contribution in [3.8, 4) is 0 Å². The molecule has 0 aliphatic rings. The number of carbonyl (C=O) groups is 1. The fourth-order valence-corrected chi connectivity index (χ4v) is 4.10. The number of aromatic nitrogens is 1. The van der Waals surface area contributed by atoms with E-state index in [0.717, 1.165) is 32.8 Å². The summed E-state index contributed by atoms with van der Waals surface area (Å²) in [5.74, 6) is -0.313. The molecule has 0 N–H and O–H groups in total. The Balaban J connectivity index is 1.96. The number of amides is 1. The minimum Gasteiger partial charge on any atom is -0.282 e. The van der Waals surface area contributed by atoms with Crippen molar-refractivity contribution in [1.29, 1.82) is 0 Å². The smallest absolute Gasteiger partial charge is 0.244 e. The lowest BCUT2D eigenvalue weighted by molar-refractivity contribution is -0.118. The Kier molecular flexibility index (Phi) is 6.12. The van der Waals surface area contributed by atoms with E-state index in [0.29, 0.717) is 11.7 Å². The maximum atomic E-state index is 13.0. The van der Waals surface area contributed by atoms with Gasteiger partial charge < -0.3 is 0 Å². The first-order valence-corrected chi connectivity index (χ1v) is 11.6. The lowest BCUT2D eigenvalue weighted by atomic mass is 10.2. The summed E-state index contributed by atoms with van der Waals surface area (Å²) in [6.07, 6.45) is 2.01. The van der Waals surface area contributed by atoms with Crippen LogP contribution in [0, 0.1) is 0 Å². The SMILES string of the molecule is CCc1ccc2nc(N(Cc3ccccc3)C(=O)CN(C)S(C)(=O)=O)sc2c1. The summed E-state index contributed by atoms with van der Waals surface area (Å²) < 4.78 is 25.5. The van der Waals surface area contributed by atoms with E-state index in [-0.39, 0.29) is 12.5 Å². The maximum Gasteiger partial charge on any atom is 0.244 e. The molecule has 0 atom stereocenters. The zero-order chi connectivity index (χ0) is 20.3. The Labute approximate surface area is 169 Å². The topological polar surface area (TPSA) is 70.6 Å². The van der Waals surface area contributed by atoms with Gasteiger partial charge in [0.05, 0.1) is 29.6 Å². The summed E-state index contributed by atoms with van der Waals surface area (Å²) in [6.45, 7) is 2.19. The molecule has 0 fully saturated rings. The Morgan fingerprint density at radius 1 is 1.11 bits per heavy atom. The molecule has 2 aromatic carbocycles. The first kappa shape index (κ1) is 20.4. The molecule has 0 spiro atoms. The number of nitrogens with zero attached hydrogens (tertiary/aromatic N) is 3. The zero-order valence-electron chi connectivity index (χ0n) is 16.1. The van der Waals surface area contributed by atoms with Gasteiger partial charge in [0.2, 0.25) is 15.9 Å². The number of thiazole rings is 1. The second kappa shape index (κ2) is 8.38. The van der Waals surface area contributed by atoms with Gasteiger partial charge in [0.1, 0.15) is 0 Å². The summed E-state index contributed by atoms with van der Waals surface area (Å²) in [4.78, 5) is 19.2. The highest BCUT2D eigenvalue weighted by Crippen LogP contribution is 2.31. The Morgan fingerprint density at radius 3 is 2.46 bits per heavy atom. The molecule has 3 aromatic rings. The number of anilines is 1. The van der Waals surface area contributed by atoms with Crippen LogP contribution in [0.3, 0.4) is 0 Å². The van der Waals surface area contributed by atoms with E-state index in [1.807, 2.05) is 42.5 Å². The van der Waals surface area contributed by atoms with Gasteiger partial charge in [-0.05, 0) is 29.7 Å². The Hall–Kier alpha value is -2.29. The van der Waals surface area contributed by atoms with Gasteiger partial charge in [-0.1, -0.05) is 54.7 Å². The number of rotatable bonds is 7. The minimum absolute atomic E-state index is 0.234. The highest BCUT2D eigenvalue weighted by Gasteiger charge is 2.24. The molecule has 1 aromatic heterocycles. The van der Waals surface area contributed by atoms with Crippen molar-refractivity contribution in [3.05, 3.63) is 59.7 Å². The predicted molar refractivity (Wildman–Crippen MR) is 114 cm³/mol. The van der Waals surface area contributed by atoms with Gasteiger partial charge in [0.25, 0.3) is 0 Å². The molecule has 0 bridgehead atoms. The fraction of sp³-hybridized carbons (Fsp3) is 0.300. The molecule has 0 saturated heterocycles. The van der Waals surface area contributed by atoms with E-state index in [9.17, 15) is 13.2 Å². The van der Waals surface area contributed by atoms with Gasteiger partial charge in [-0.25, -0.2) is 13.4 Å². The zero-order valence-corrected chi connectivity index (χ0v) is 17.8. The van der Waals surface area contributed by atoms with Crippen molar-refractivity contribution >= 4 is 42.6 Å². The van der Waals surface area contributed by atoms with Gasteiger partial charge in [-0.2, -0.15) is 4.31 Å². The van der Waals surface area contributed by atoms with Crippen LogP contribution in [0.5, 0.6) is 0 Å². The molecule has 0 unspecified atom stereocenters. The van der Waals surface area contributed by atoms with Gasteiger partial charge in [-0.3, -0.25) is 9.69 Å². The van der Waals surface area contributed by atoms with E-state index >= 15 is 0 Å². The number of hydrogen-bond acceptors (Lipinski definition) is 5. The third-order valence-corrected chi connectivity index (χ3v) is 6.79. The fourth-order valence-electron chi connectivity index (χ4n) is 2.71. The van der Waals surface area contributed by atoms with E-state index < -0.39 is 10.0 Å². The quantitative estimate of drug-likeness (QED) is 0.591. The van der Waals surface area contributed by atoms with Crippen LogP contribution < -0.4 is 4.90 Å². The number of fused-ring (bicyclic) bond motifs is 1. The average Bonchev–Trinajstić information content (AvgIpc) is 3.08. The second-order valence-electron chi connectivity index (χ2n) is 6.64. The number of benzene rings is 2. The standard InChI is InChI=1S/C20H23N3O3S2/c1-4-15-10-11-17-18(12-15)27-20(21-17)23(13-16-8-6-5-7-9-16)19(24)14-22(2)28(3,25)26/h5-12H,4,13-14H2,1-3H3. The molecule has 6 nitrogen and oxygen atoms in total. The lowest BCUT2D eigenvalue weighted by Crippen LogP contribution is -2.40. The first-order chi connectivity index (χ1) is 13.3. The van der Waals surface area contributed by atoms with Gasteiger partial charge >= 0.3 is 0 Å². The van der Waals surface area contributed by atoms with Crippen LogP contribution in [0.4, 0.5) is 5.13 Å². The number of aryl methyl sites for hydroxylation is 1. The highest BCUT2D eigenvalue weighted by molar-refractivity contribution is 7.88. The third kappa shape index (κ3) is 4.76. The molecular formula is C20H23N3O3S2. The maximum absolute atomic E-state index is 13.0. The van der Waals surface area contributed by atoms with Crippen LogP contribution in [0.25, 0.3) is 10.2 Å². The molecule has 28 heavy (non-hydrogen) atoms. The molecule has 0 radical (unpaired) electrons. The molecule has 1 heterocycles. The number of hydrogen-bond donors (Lipinski definition) is 0. The molecule has 8 heteroatoms. The third-order valence-electron chi connectivity index (χ3n) is 4.49. The summed E-state index contributed by atoms with van der Waals surface area (Å²) in [5.41, 5.74) is 2.99. The molecule has 0 saturated carbocycles. The first-order valence-electron chi connectivity index (χ1n) is 8.93. The van der Waals surface area contributed by atoms with E-state index in [1.54, 1.807) is 4.90 Å². The number of likely N-dealkylation sites (N-methyl/N-ethyl adjacent to an activating group) is 1. The normalized spacial score (nSPS) is 11.9. The molecule has 148 valence electrons. The van der Waals surface area contributed by atoms with Crippen LogP contribution in [0.15, 0.2) is 48.5 Å². The average molecular weight is 418 g/mol. The number of sulfonamides is 1. The highest BCUT2D eigenvalue weighted by atomic mass is 32.2. The molecule has 1 amide bonds. The van der Waals surface area contributed by atoms with Gasteiger partial charge in [-0.15, -0.1) is 0 Å². The van der Waals surface area contributed by atoms with Crippen LogP contribution in [0.1, 0.15) is 18.1 Å².